The average molecular weight is 484 g/mol. The highest BCUT2D eigenvalue weighted by Crippen LogP contribution is 2.31. The van der Waals surface area contributed by atoms with Crippen LogP contribution in [-0.2, 0) is 13.5 Å². The van der Waals surface area contributed by atoms with Crippen LogP contribution in [0.4, 0.5) is 26.8 Å². The molecule has 180 valence electrons. The van der Waals surface area contributed by atoms with Crippen LogP contribution < -0.4 is 15.5 Å². The molecule has 0 aliphatic carbocycles. The molecule has 2 N–H and O–H groups in total. The zero-order valence-electron chi connectivity index (χ0n) is 19.4. The predicted octanol–water partition coefficient (Wildman–Crippen LogP) is 3.25. The van der Waals surface area contributed by atoms with Gasteiger partial charge < -0.3 is 10.6 Å². The molecular formula is C24H21FN10O. The van der Waals surface area contributed by atoms with Crippen LogP contribution in [0.3, 0.4) is 0 Å². The van der Waals surface area contributed by atoms with Gasteiger partial charge in [0, 0.05) is 38.3 Å². The third-order valence-corrected chi connectivity index (χ3v) is 6.11. The van der Waals surface area contributed by atoms with Crippen molar-refractivity contribution in [3.8, 4) is 11.3 Å². The quantitative estimate of drug-likeness (QED) is 0.393. The standard InChI is InChI=1S/C24H21FN10O/c1-33-21-13-15(17-6-8-26-23(28-17)30-19-7-9-27-34(19)2)12-20-31-32-22(35(20)21)18(29-24(33)36)11-14-4-3-5-16(25)10-14/h3-10,12-13,18H,11H2,1-2H3,(H,29,36)(H,26,28,30)/t18-/m1/s1. The van der Waals surface area contributed by atoms with Gasteiger partial charge in [0.15, 0.2) is 11.5 Å². The van der Waals surface area contributed by atoms with Gasteiger partial charge in [-0.2, -0.15) is 5.10 Å². The first-order valence-electron chi connectivity index (χ1n) is 11.2. The van der Waals surface area contributed by atoms with Gasteiger partial charge in [-0.05, 0) is 35.9 Å². The van der Waals surface area contributed by atoms with E-state index in [4.69, 9.17) is 0 Å². The maximum atomic E-state index is 13.8. The van der Waals surface area contributed by atoms with Gasteiger partial charge in [-0.15, -0.1) is 10.2 Å². The summed E-state index contributed by atoms with van der Waals surface area (Å²) in [6, 6.07) is 12.8. The van der Waals surface area contributed by atoms with E-state index in [-0.39, 0.29) is 11.8 Å². The SMILES string of the molecule is CN1C(=O)N[C@H](Cc2cccc(F)c2)c2nnc3cc(-c4ccnc(Nc5ccnn5C)n4)cc1n23. The van der Waals surface area contributed by atoms with E-state index in [0.717, 1.165) is 16.9 Å². The molecule has 5 aromatic rings. The van der Waals surface area contributed by atoms with Crippen LogP contribution >= 0.6 is 0 Å². The van der Waals surface area contributed by atoms with Crippen LogP contribution in [0.1, 0.15) is 17.4 Å². The topological polar surface area (TPSA) is 118 Å². The van der Waals surface area contributed by atoms with Crippen molar-refractivity contribution < 1.29 is 9.18 Å². The zero-order valence-corrected chi connectivity index (χ0v) is 19.4. The molecule has 11 nitrogen and oxygen atoms in total. The number of nitrogens with zero attached hydrogens (tertiary/aromatic N) is 8. The van der Waals surface area contributed by atoms with Crippen molar-refractivity contribution in [2.75, 3.05) is 17.3 Å². The number of aromatic nitrogens is 7. The number of hydrogen-bond donors (Lipinski definition) is 2. The van der Waals surface area contributed by atoms with E-state index < -0.39 is 6.04 Å². The van der Waals surface area contributed by atoms with Gasteiger partial charge in [0.25, 0.3) is 0 Å². The summed E-state index contributed by atoms with van der Waals surface area (Å²) in [7, 11) is 3.50. The summed E-state index contributed by atoms with van der Waals surface area (Å²) in [6.07, 6.45) is 3.71. The lowest BCUT2D eigenvalue weighted by Gasteiger charge is -2.18. The van der Waals surface area contributed by atoms with Gasteiger partial charge in [0.1, 0.15) is 17.5 Å². The average Bonchev–Trinajstić information content (AvgIpc) is 3.46. The summed E-state index contributed by atoms with van der Waals surface area (Å²) >= 11 is 0. The Kier molecular flexibility index (Phi) is 5.06. The number of urea groups is 1. The molecule has 6 rings (SSSR count). The fourth-order valence-corrected chi connectivity index (χ4v) is 4.29. The molecule has 1 aromatic carbocycles. The minimum atomic E-state index is -0.488. The van der Waals surface area contributed by atoms with Crippen molar-refractivity contribution in [2.24, 2.45) is 7.05 Å². The van der Waals surface area contributed by atoms with Crippen LogP contribution in [0.5, 0.6) is 0 Å². The van der Waals surface area contributed by atoms with Gasteiger partial charge in [0.05, 0.1) is 17.9 Å². The second-order valence-corrected chi connectivity index (χ2v) is 8.48. The van der Waals surface area contributed by atoms with Crippen LogP contribution in [0.15, 0.2) is 60.9 Å². The summed E-state index contributed by atoms with van der Waals surface area (Å²) in [6.45, 7) is 0. The lowest BCUT2D eigenvalue weighted by molar-refractivity contribution is 0.244. The molecule has 0 spiro atoms. The normalized spacial score (nSPS) is 15.1. The largest absolute Gasteiger partial charge is 0.327 e. The molecule has 0 bridgehead atoms. The first-order valence-corrected chi connectivity index (χ1v) is 11.2. The Morgan fingerprint density at radius 2 is 1.97 bits per heavy atom. The Morgan fingerprint density at radius 3 is 2.78 bits per heavy atom. The van der Waals surface area contributed by atoms with E-state index in [2.05, 4.69) is 35.9 Å². The fraction of sp³-hybridized carbons (Fsp3) is 0.167. The Bertz CT molecular complexity index is 1610. The molecule has 0 unspecified atom stereocenters. The van der Waals surface area contributed by atoms with Gasteiger partial charge in [-0.1, -0.05) is 12.1 Å². The number of carbonyl (C=O) groups is 1. The fourth-order valence-electron chi connectivity index (χ4n) is 4.29. The molecular weight excluding hydrogens is 463 g/mol. The lowest BCUT2D eigenvalue weighted by Crippen LogP contribution is -2.38. The van der Waals surface area contributed by atoms with E-state index in [9.17, 15) is 9.18 Å². The van der Waals surface area contributed by atoms with E-state index in [1.807, 2.05) is 35.7 Å². The van der Waals surface area contributed by atoms with Gasteiger partial charge >= 0.3 is 6.03 Å². The summed E-state index contributed by atoms with van der Waals surface area (Å²) in [4.78, 5) is 23.5. The Balaban J connectivity index is 1.40. The number of hydrogen-bond acceptors (Lipinski definition) is 7. The maximum Gasteiger partial charge on any atom is 0.323 e. The first kappa shape index (κ1) is 21.6. The molecule has 4 aromatic heterocycles. The van der Waals surface area contributed by atoms with Crippen molar-refractivity contribution in [3.63, 3.8) is 0 Å². The third kappa shape index (κ3) is 3.78. The van der Waals surface area contributed by atoms with Crippen molar-refractivity contribution in [2.45, 2.75) is 12.5 Å². The highest BCUT2D eigenvalue weighted by molar-refractivity contribution is 5.93. The van der Waals surface area contributed by atoms with Gasteiger partial charge in [0.2, 0.25) is 5.95 Å². The summed E-state index contributed by atoms with van der Waals surface area (Å²) in [5.41, 5.74) is 2.70. The Hall–Kier alpha value is -4.87. The van der Waals surface area contributed by atoms with Gasteiger partial charge in [-0.25, -0.2) is 19.2 Å². The van der Waals surface area contributed by atoms with Crippen LogP contribution in [0.2, 0.25) is 0 Å². The van der Waals surface area contributed by atoms with Gasteiger partial charge in [-0.3, -0.25) is 14.0 Å². The third-order valence-electron chi connectivity index (χ3n) is 6.11. The van der Waals surface area contributed by atoms with Crippen molar-refractivity contribution in [1.29, 1.82) is 0 Å². The van der Waals surface area contributed by atoms with Crippen LogP contribution in [0.25, 0.3) is 16.9 Å². The van der Waals surface area contributed by atoms with E-state index in [1.165, 1.54) is 17.0 Å². The number of pyridine rings is 1. The molecule has 0 saturated carbocycles. The van der Waals surface area contributed by atoms with Crippen LogP contribution in [0, 0.1) is 5.82 Å². The molecule has 2 amide bonds. The first-order chi connectivity index (χ1) is 17.5. The summed E-state index contributed by atoms with van der Waals surface area (Å²) in [5, 5.41) is 19.0. The lowest BCUT2D eigenvalue weighted by atomic mass is 10.1. The number of nitrogens with one attached hydrogen (secondary N) is 2. The highest BCUT2D eigenvalue weighted by atomic mass is 19.1. The molecule has 5 heterocycles. The maximum absolute atomic E-state index is 13.8. The predicted molar refractivity (Wildman–Crippen MR) is 130 cm³/mol. The molecule has 1 atom stereocenters. The Labute approximate surface area is 204 Å². The molecule has 1 aliphatic rings. The molecule has 1 aliphatic heterocycles. The Morgan fingerprint density at radius 1 is 1.08 bits per heavy atom. The number of anilines is 3. The molecule has 0 fully saturated rings. The monoisotopic (exact) mass is 484 g/mol. The number of benzene rings is 1. The summed E-state index contributed by atoms with van der Waals surface area (Å²) in [5.74, 6) is 1.97. The smallest absolute Gasteiger partial charge is 0.323 e. The van der Waals surface area contributed by atoms with E-state index in [1.54, 1.807) is 36.3 Å². The minimum Gasteiger partial charge on any atom is -0.327 e. The van der Waals surface area contributed by atoms with Crippen molar-refractivity contribution in [1.82, 2.24) is 39.7 Å². The van der Waals surface area contributed by atoms with Crippen LogP contribution in [-0.4, -0.2) is 47.4 Å². The summed E-state index contributed by atoms with van der Waals surface area (Å²) < 4.78 is 17.3. The minimum absolute atomic E-state index is 0.304. The molecule has 0 saturated heterocycles. The van der Waals surface area contributed by atoms with Crippen molar-refractivity contribution in [3.05, 3.63) is 78.1 Å². The number of rotatable bonds is 5. The second kappa shape index (κ2) is 8.41. The number of amides is 2. The second-order valence-electron chi connectivity index (χ2n) is 8.48. The highest BCUT2D eigenvalue weighted by Gasteiger charge is 2.30. The van der Waals surface area contributed by atoms with E-state index >= 15 is 0 Å². The molecule has 12 heteroatoms. The zero-order chi connectivity index (χ0) is 24.8. The van der Waals surface area contributed by atoms with Crippen molar-refractivity contribution >= 4 is 29.3 Å². The van der Waals surface area contributed by atoms with E-state index in [0.29, 0.717) is 35.4 Å². The number of halogens is 1. The number of carbonyl (C=O) groups excluding carboxylic acids is 1. The molecule has 0 radical (unpaired) electrons. The molecule has 36 heavy (non-hydrogen) atoms. The number of aryl methyl sites for hydroxylation is 1.